The van der Waals surface area contributed by atoms with Crippen molar-refractivity contribution in [1.82, 2.24) is 0 Å². The maximum absolute atomic E-state index is 12.9. The van der Waals surface area contributed by atoms with Crippen LogP contribution < -0.4 is 4.90 Å². The van der Waals surface area contributed by atoms with E-state index in [-0.39, 0.29) is 23.2 Å². The molecule has 0 radical (unpaired) electrons. The lowest BCUT2D eigenvalue weighted by molar-refractivity contribution is -0.385. The molecule has 0 N–H and O–H groups in total. The number of fused-ring (bicyclic) bond motifs is 5. The van der Waals surface area contributed by atoms with Crippen LogP contribution in [0.4, 0.5) is 11.4 Å². The largest absolute Gasteiger partial charge is 0.359 e. The van der Waals surface area contributed by atoms with Gasteiger partial charge in [0, 0.05) is 11.6 Å². The molecule has 7 nitrogen and oxygen atoms in total. The highest BCUT2D eigenvalue weighted by molar-refractivity contribution is 6.23. The summed E-state index contributed by atoms with van der Waals surface area (Å²) in [5, 5.41) is 11.2. The van der Waals surface area contributed by atoms with Crippen molar-refractivity contribution in [3.63, 3.8) is 0 Å². The number of nitrogens with zero attached hydrogens (tertiary/aromatic N) is 2. The summed E-state index contributed by atoms with van der Waals surface area (Å²) in [4.78, 5) is 37.6. The molecule has 7 heteroatoms. The molecule has 1 aromatic rings. The summed E-state index contributed by atoms with van der Waals surface area (Å²) in [6.07, 6.45) is 3.67. The van der Waals surface area contributed by atoms with Crippen LogP contribution in [0.3, 0.4) is 0 Å². The molecule has 2 amide bonds. The van der Waals surface area contributed by atoms with E-state index in [1.54, 1.807) is 32.9 Å². The highest BCUT2D eigenvalue weighted by Gasteiger charge is 2.70. The van der Waals surface area contributed by atoms with Gasteiger partial charge in [-0.3, -0.25) is 19.7 Å². The van der Waals surface area contributed by atoms with E-state index in [0.717, 1.165) is 4.90 Å². The van der Waals surface area contributed by atoms with Gasteiger partial charge in [0.25, 0.3) is 5.69 Å². The van der Waals surface area contributed by atoms with Gasteiger partial charge in [-0.05, 0) is 26.8 Å². The van der Waals surface area contributed by atoms with Crippen LogP contribution in [-0.2, 0) is 14.3 Å². The number of aryl methyl sites for hydroxylation is 1. The number of nitro groups is 1. The lowest BCUT2D eigenvalue weighted by Gasteiger charge is -2.25. The van der Waals surface area contributed by atoms with Gasteiger partial charge in [-0.15, -0.1) is 0 Å². The Labute approximate surface area is 138 Å². The van der Waals surface area contributed by atoms with Crippen LogP contribution in [0.25, 0.3) is 0 Å². The van der Waals surface area contributed by atoms with E-state index < -0.39 is 28.0 Å². The van der Waals surface area contributed by atoms with Crippen molar-refractivity contribution in [2.24, 2.45) is 11.8 Å². The van der Waals surface area contributed by atoms with Crippen molar-refractivity contribution in [3.8, 4) is 0 Å². The highest BCUT2D eigenvalue weighted by atomic mass is 16.6. The summed E-state index contributed by atoms with van der Waals surface area (Å²) in [6.45, 7) is 5.21. The van der Waals surface area contributed by atoms with E-state index in [9.17, 15) is 19.7 Å². The highest BCUT2D eigenvalue weighted by Crippen LogP contribution is 2.57. The number of benzene rings is 1. The number of anilines is 1. The molecular formula is C17H16N2O5. The summed E-state index contributed by atoms with van der Waals surface area (Å²) in [6, 6.07) is 4.40. The fourth-order valence-corrected chi connectivity index (χ4v) is 4.22. The minimum absolute atomic E-state index is 0.111. The topological polar surface area (TPSA) is 89.8 Å². The zero-order valence-corrected chi connectivity index (χ0v) is 13.5. The van der Waals surface area contributed by atoms with E-state index in [0.29, 0.717) is 5.56 Å². The Hall–Kier alpha value is -2.54. The molecule has 0 unspecified atom stereocenters. The Balaban J connectivity index is 1.80. The van der Waals surface area contributed by atoms with Gasteiger partial charge in [0.15, 0.2) is 0 Å². The van der Waals surface area contributed by atoms with Crippen molar-refractivity contribution in [3.05, 3.63) is 46.0 Å². The van der Waals surface area contributed by atoms with Crippen LogP contribution in [0.1, 0.15) is 19.4 Å². The Morgan fingerprint density at radius 1 is 1.12 bits per heavy atom. The number of hydrogen-bond donors (Lipinski definition) is 0. The van der Waals surface area contributed by atoms with E-state index in [1.165, 1.54) is 6.07 Å². The molecule has 4 atom stereocenters. The normalized spacial score (nSPS) is 36.5. The van der Waals surface area contributed by atoms with E-state index in [4.69, 9.17) is 4.74 Å². The monoisotopic (exact) mass is 328 g/mol. The minimum Gasteiger partial charge on any atom is -0.359 e. The van der Waals surface area contributed by atoms with Crippen LogP contribution in [0.2, 0.25) is 0 Å². The number of ether oxygens (including phenoxy) is 1. The van der Waals surface area contributed by atoms with Crippen LogP contribution in [0.15, 0.2) is 30.4 Å². The molecule has 2 fully saturated rings. The number of nitro benzene ring substituents is 1. The maximum atomic E-state index is 12.9. The van der Waals surface area contributed by atoms with E-state index >= 15 is 0 Å². The van der Waals surface area contributed by atoms with Gasteiger partial charge >= 0.3 is 0 Å². The first kappa shape index (κ1) is 15.0. The fourth-order valence-electron chi connectivity index (χ4n) is 4.22. The standard InChI is InChI=1S/C17H16N2O5/c1-9-4-5-10(8-11(9)19(22)23)18-14(20)12-13(15(18)21)17(3)7-6-16(12,2)24-17/h4-8,12-13H,1-3H3/t12-,13-,16+,17+/m0/s1. The number of carbonyl (C=O) groups is 2. The molecule has 1 aromatic carbocycles. The Morgan fingerprint density at radius 2 is 1.67 bits per heavy atom. The van der Waals surface area contributed by atoms with Crippen molar-refractivity contribution < 1.29 is 19.2 Å². The first-order valence-corrected chi connectivity index (χ1v) is 7.71. The number of rotatable bonds is 2. The molecule has 4 rings (SSSR count). The molecule has 2 saturated heterocycles. The number of carbonyl (C=O) groups excluding carboxylic acids is 2. The van der Waals surface area contributed by atoms with Crippen LogP contribution in [0.5, 0.6) is 0 Å². The molecule has 2 bridgehead atoms. The van der Waals surface area contributed by atoms with Crippen LogP contribution in [0, 0.1) is 28.9 Å². The maximum Gasteiger partial charge on any atom is 0.274 e. The zero-order chi connectivity index (χ0) is 17.4. The predicted molar refractivity (Wildman–Crippen MR) is 84.3 cm³/mol. The number of imide groups is 1. The van der Waals surface area contributed by atoms with Gasteiger partial charge in [-0.25, -0.2) is 4.90 Å². The second kappa shape index (κ2) is 4.30. The quantitative estimate of drug-likeness (QED) is 0.359. The molecular weight excluding hydrogens is 312 g/mol. The third-order valence-corrected chi connectivity index (χ3v) is 5.37. The molecule has 3 aliphatic heterocycles. The molecule has 3 heterocycles. The summed E-state index contributed by atoms with van der Waals surface area (Å²) in [7, 11) is 0. The van der Waals surface area contributed by atoms with Gasteiger partial charge < -0.3 is 4.74 Å². The van der Waals surface area contributed by atoms with E-state index in [1.807, 2.05) is 12.2 Å². The van der Waals surface area contributed by atoms with Gasteiger partial charge in [0.2, 0.25) is 11.8 Å². The molecule has 3 aliphatic rings. The summed E-state index contributed by atoms with van der Waals surface area (Å²) in [5.74, 6) is -1.92. The fraction of sp³-hybridized carbons (Fsp3) is 0.412. The minimum atomic E-state index is -0.808. The third-order valence-electron chi connectivity index (χ3n) is 5.37. The third kappa shape index (κ3) is 1.65. The summed E-state index contributed by atoms with van der Waals surface area (Å²) in [5.41, 5.74) is -1.01. The number of hydrogen-bond acceptors (Lipinski definition) is 5. The molecule has 0 aliphatic carbocycles. The molecule has 0 saturated carbocycles. The van der Waals surface area contributed by atoms with E-state index in [2.05, 4.69) is 0 Å². The van der Waals surface area contributed by atoms with Crippen molar-refractivity contribution >= 4 is 23.2 Å². The lowest BCUT2D eigenvalue weighted by Crippen LogP contribution is -2.39. The Kier molecular flexibility index (Phi) is 2.69. The van der Waals surface area contributed by atoms with Gasteiger partial charge in [0.05, 0.1) is 33.6 Å². The molecule has 124 valence electrons. The lowest BCUT2D eigenvalue weighted by atomic mass is 9.73. The predicted octanol–water partition coefficient (Wildman–Crippen LogP) is 2.13. The van der Waals surface area contributed by atoms with Crippen molar-refractivity contribution in [2.75, 3.05) is 4.90 Å². The summed E-state index contributed by atoms with van der Waals surface area (Å²) < 4.78 is 5.93. The van der Waals surface area contributed by atoms with Crippen LogP contribution in [-0.4, -0.2) is 27.9 Å². The first-order valence-electron chi connectivity index (χ1n) is 7.71. The van der Waals surface area contributed by atoms with Crippen molar-refractivity contribution in [1.29, 1.82) is 0 Å². The average molecular weight is 328 g/mol. The Bertz CT molecular complexity index is 811. The van der Waals surface area contributed by atoms with Gasteiger partial charge in [-0.2, -0.15) is 0 Å². The molecule has 0 aromatic heterocycles. The second-order valence-corrected chi connectivity index (χ2v) is 7.00. The Morgan fingerprint density at radius 3 is 2.17 bits per heavy atom. The smallest absolute Gasteiger partial charge is 0.274 e. The van der Waals surface area contributed by atoms with Crippen molar-refractivity contribution in [2.45, 2.75) is 32.0 Å². The number of amides is 2. The summed E-state index contributed by atoms with van der Waals surface area (Å²) >= 11 is 0. The second-order valence-electron chi connectivity index (χ2n) is 7.00. The first-order chi connectivity index (χ1) is 11.2. The zero-order valence-electron chi connectivity index (χ0n) is 13.5. The van der Waals surface area contributed by atoms with Crippen LogP contribution >= 0.6 is 0 Å². The van der Waals surface area contributed by atoms with Gasteiger partial charge in [0.1, 0.15) is 0 Å². The van der Waals surface area contributed by atoms with Gasteiger partial charge in [-0.1, -0.05) is 18.2 Å². The molecule has 24 heavy (non-hydrogen) atoms. The molecule has 0 spiro atoms. The SMILES string of the molecule is Cc1ccc(N2C(=O)[C@@H]3[C@@H](C2=O)[C@@]2(C)C=C[C@@]3(C)O2)cc1[N+](=O)[O-]. The average Bonchev–Trinajstić information content (AvgIpc) is 3.04.